The van der Waals surface area contributed by atoms with Crippen molar-refractivity contribution in [3.05, 3.63) is 59.1 Å². The highest BCUT2D eigenvalue weighted by molar-refractivity contribution is 7.98. The summed E-state index contributed by atoms with van der Waals surface area (Å²) in [5.74, 6) is 0.995. The minimum atomic E-state index is -3.84. The Labute approximate surface area is 175 Å². The lowest BCUT2D eigenvalue weighted by Crippen LogP contribution is -2.46. The Balaban J connectivity index is 2.06. The highest BCUT2D eigenvalue weighted by Gasteiger charge is 2.25. The summed E-state index contributed by atoms with van der Waals surface area (Å²) in [5, 5.41) is 3.23. The summed E-state index contributed by atoms with van der Waals surface area (Å²) in [5.41, 5.74) is 0.887. The first-order chi connectivity index (χ1) is 13.4. The smallest absolute Gasteiger partial charge is 0.241 e. The van der Waals surface area contributed by atoms with Crippen LogP contribution in [-0.2, 0) is 21.4 Å². The largest absolute Gasteiger partial charge is 0.497 e. The second-order valence-corrected chi connectivity index (χ2v) is 9.11. The molecule has 6 nitrogen and oxygen atoms in total. The van der Waals surface area contributed by atoms with Gasteiger partial charge in [0.15, 0.2) is 0 Å². The van der Waals surface area contributed by atoms with Crippen LogP contribution in [0.4, 0.5) is 0 Å². The van der Waals surface area contributed by atoms with Gasteiger partial charge in [-0.3, -0.25) is 4.79 Å². The molecule has 0 heterocycles. The van der Waals surface area contributed by atoms with Gasteiger partial charge in [-0.1, -0.05) is 23.7 Å². The number of ether oxygens (including phenoxy) is 1. The fourth-order valence-corrected chi connectivity index (χ4v) is 4.23. The number of thioether (sulfide) groups is 1. The first-order valence-corrected chi connectivity index (χ1v) is 11.8. The van der Waals surface area contributed by atoms with E-state index in [1.807, 2.05) is 18.4 Å². The van der Waals surface area contributed by atoms with Gasteiger partial charge >= 0.3 is 0 Å². The maximum absolute atomic E-state index is 12.6. The molecule has 0 aliphatic heterocycles. The van der Waals surface area contributed by atoms with Crippen LogP contribution in [0, 0.1) is 0 Å². The molecule has 0 aliphatic rings. The third-order valence-electron chi connectivity index (χ3n) is 3.97. The van der Waals surface area contributed by atoms with Crippen LogP contribution in [0.25, 0.3) is 0 Å². The summed E-state index contributed by atoms with van der Waals surface area (Å²) < 4.78 is 32.8. The second kappa shape index (κ2) is 10.7. The molecule has 2 aromatic carbocycles. The number of hydrogen-bond donors (Lipinski definition) is 2. The van der Waals surface area contributed by atoms with Crippen molar-refractivity contribution < 1.29 is 17.9 Å². The lowest BCUT2D eigenvalue weighted by Gasteiger charge is -2.18. The van der Waals surface area contributed by atoms with E-state index in [0.717, 1.165) is 11.3 Å². The molecule has 0 saturated heterocycles. The van der Waals surface area contributed by atoms with Crippen LogP contribution < -0.4 is 14.8 Å². The Morgan fingerprint density at radius 1 is 1.14 bits per heavy atom. The lowest BCUT2D eigenvalue weighted by atomic mass is 10.2. The Morgan fingerprint density at radius 2 is 1.79 bits per heavy atom. The number of hydrogen-bond acceptors (Lipinski definition) is 5. The Bertz CT molecular complexity index is 872. The molecule has 0 radical (unpaired) electrons. The van der Waals surface area contributed by atoms with Gasteiger partial charge in [-0.15, -0.1) is 0 Å². The number of benzene rings is 2. The number of sulfonamides is 1. The summed E-state index contributed by atoms with van der Waals surface area (Å²) in [7, 11) is -2.26. The summed E-state index contributed by atoms with van der Waals surface area (Å²) in [6.45, 7) is 0.293. The zero-order chi connectivity index (χ0) is 20.6. The molecule has 152 valence electrons. The fourth-order valence-electron chi connectivity index (χ4n) is 2.40. The Hall–Kier alpha value is -1.74. The Morgan fingerprint density at radius 3 is 2.36 bits per heavy atom. The van der Waals surface area contributed by atoms with E-state index in [2.05, 4.69) is 10.0 Å². The Kier molecular flexibility index (Phi) is 8.62. The lowest BCUT2D eigenvalue weighted by molar-refractivity contribution is -0.122. The van der Waals surface area contributed by atoms with E-state index in [1.165, 1.54) is 24.3 Å². The van der Waals surface area contributed by atoms with E-state index in [1.54, 1.807) is 31.0 Å². The van der Waals surface area contributed by atoms with Gasteiger partial charge in [-0.25, -0.2) is 8.42 Å². The van der Waals surface area contributed by atoms with Gasteiger partial charge in [0, 0.05) is 11.6 Å². The van der Waals surface area contributed by atoms with Gasteiger partial charge in [-0.2, -0.15) is 16.5 Å². The molecule has 1 atom stereocenters. The first kappa shape index (κ1) is 22.5. The number of amides is 1. The molecular formula is C19H23ClN2O4S2. The average molecular weight is 443 g/mol. The van der Waals surface area contributed by atoms with Crippen molar-refractivity contribution >= 4 is 39.3 Å². The predicted molar refractivity (Wildman–Crippen MR) is 113 cm³/mol. The van der Waals surface area contributed by atoms with E-state index in [9.17, 15) is 13.2 Å². The fraction of sp³-hybridized carbons (Fsp3) is 0.316. The van der Waals surface area contributed by atoms with Crippen LogP contribution in [-0.4, -0.2) is 39.5 Å². The van der Waals surface area contributed by atoms with E-state index < -0.39 is 16.1 Å². The molecule has 0 fully saturated rings. The second-order valence-electron chi connectivity index (χ2n) is 5.98. The van der Waals surface area contributed by atoms with Crippen molar-refractivity contribution in [3.63, 3.8) is 0 Å². The van der Waals surface area contributed by atoms with Crippen LogP contribution in [0.2, 0.25) is 5.02 Å². The number of carbonyl (C=O) groups excluding carboxylic acids is 1. The summed E-state index contributed by atoms with van der Waals surface area (Å²) in [4.78, 5) is 12.7. The quantitative estimate of drug-likeness (QED) is 0.590. The van der Waals surface area contributed by atoms with Crippen LogP contribution >= 0.6 is 23.4 Å². The number of rotatable bonds is 10. The highest BCUT2D eigenvalue weighted by atomic mass is 35.5. The molecule has 28 heavy (non-hydrogen) atoms. The van der Waals surface area contributed by atoms with Gasteiger partial charge in [0.2, 0.25) is 15.9 Å². The minimum Gasteiger partial charge on any atom is -0.497 e. The van der Waals surface area contributed by atoms with Crippen molar-refractivity contribution in [2.24, 2.45) is 0 Å². The normalized spacial score (nSPS) is 12.4. The number of nitrogens with one attached hydrogen (secondary N) is 2. The van der Waals surface area contributed by atoms with Crippen molar-refractivity contribution in [3.8, 4) is 5.75 Å². The van der Waals surface area contributed by atoms with Gasteiger partial charge in [-0.05, 0) is 60.4 Å². The molecule has 9 heteroatoms. The molecule has 0 spiro atoms. The summed E-state index contributed by atoms with van der Waals surface area (Å²) in [6, 6.07) is 12.2. The molecule has 2 N–H and O–H groups in total. The van der Waals surface area contributed by atoms with E-state index in [-0.39, 0.29) is 10.8 Å². The summed E-state index contributed by atoms with van der Waals surface area (Å²) in [6.07, 6.45) is 2.28. The van der Waals surface area contributed by atoms with Crippen LogP contribution in [0.15, 0.2) is 53.4 Å². The van der Waals surface area contributed by atoms with Crippen LogP contribution in [0.5, 0.6) is 5.75 Å². The van der Waals surface area contributed by atoms with Crippen molar-refractivity contribution in [1.29, 1.82) is 0 Å². The van der Waals surface area contributed by atoms with Crippen molar-refractivity contribution in [1.82, 2.24) is 10.0 Å². The molecule has 1 unspecified atom stereocenters. The predicted octanol–water partition coefficient (Wildman–Crippen LogP) is 3.07. The minimum absolute atomic E-state index is 0.0639. The molecule has 0 aliphatic carbocycles. The maximum atomic E-state index is 12.6. The van der Waals surface area contributed by atoms with E-state index in [4.69, 9.17) is 16.3 Å². The van der Waals surface area contributed by atoms with Gasteiger partial charge in [0.1, 0.15) is 11.8 Å². The molecular weight excluding hydrogens is 420 g/mol. The molecule has 0 saturated carbocycles. The van der Waals surface area contributed by atoms with Crippen LogP contribution in [0.1, 0.15) is 12.0 Å². The van der Waals surface area contributed by atoms with Crippen molar-refractivity contribution in [2.75, 3.05) is 19.1 Å². The third-order valence-corrected chi connectivity index (χ3v) is 6.36. The molecule has 2 aromatic rings. The van der Waals surface area contributed by atoms with Crippen LogP contribution in [0.3, 0.4) is 0 Å². The van der Waals surface area contributed by atoms with Gasteiger partial charge in [0.05, 0.1) is 12.0 Å². The standard InChI is InChI=1S/C19H23ClN2O4S2/c1-26-16-7-3-14(4-8-16)13-21-19(23)18(11-12-27-2)22-28(24,25)17-9-5-15(20)6-10-17/h3-10,18,22H,11-13H2,1-2H3,(H,21,23). The summed E-state index contributed by atoms with van der Waals surface area (Å²) >= 11 is 7.36. The van der Waals surface area contributed by atoms with Gasteiger partial charge in [0.25, 0.3) is 0 Å². The van der Waals surface area contributed by atoms with E-state index >= 15 is 0 Å². The zero-order valence-corrected chi connectivity index (χ0v) is 18.0. The molecule has 2 rings (SSSR count). The topological polar surface area (TPSA) is 84.5 Å². The monoisotopic (exact) mass is 442 g/mol. The number of methoxy groups -OCH3 is 1. The highest BCUT2D eigenvalue weighted by Crippen LogP contribution is 2.15. The SMILES string of the molecule is COc1ccc(CNC(=O)C(CCSC)NS(=O)(=O)c2ccc(Cl)cc2)cc1. The molecule has 0 bridgehead atoms. The zero-order valence-electron chi connectivity index (χ0n) is 15.6. The van der Waals surface area contributed by atoms with Gasteiger partial charge < -0.3 is 10.1 Å². The van der Waals surface area contributed by atoms with E-state index in [0.29, 0.717) is 23.7 Å². The van der Waals surface area contributed by atoms with Crippen molar-refractivity contribution in [2.45, 2.75) is 23.9 Å². The third kappa shape index (κ3) is 6.70. The molecule has 1 amide bonds. The molecule has 0 aromatic heterocycles. The first-order valence-electron chi connectivity index (χ1n) is 8.53. The average Bonchev–Trinajstić information content (AvgIpc) is 2.70. The number of carbonyl (C=O) groups is 1. The number of halogens is 1. The maximum Gasteiger partial charge on any atom is 0.241 e.